The molecule has 0 radical (unpaired) electrons. The van der Waals surface area contributed by atoms with Gasteiger partial charge in [-0.05, 0) is 42.3 Å². The number of halogens is 1. The molecule has 3 aromatic rings. The number of rotatable bonds is 6. The fourth-order valence-corrected chi connectivity index (χ4v) is 2.93. The largest absolute Gasteiger partial charge is 0.497 e. The molecule has 0 atom stereocenters. The number of carbonyl (C=O) groups excluding carboxylic acids is 1. The number of esters is 1. The summed E-state index contributed by atoms with van der Waals surface area (Å²) < 4.78 is 16.4. The Morgan fingerprint density at radius 3 is 2.62 bits per heavy atom. The van der Waals surface area contributed by atoms with Crippen molar-refractivity contribution in [2.24, 2.45) is 0 Å². The van der Waals surface area contributed by atoms with E-state index in [-0.39, 0.29) is 19.0 Å². The highest BCUT2D eigenvalue weighted by Gasteiger charge is 2.10. The fraction of sp³-hybridized carbons (Fsp3) is 0.200. The minimum atomic E-state index is -0.472. The molecule has 0 aliphatic carbocycles. The number of carbonyl (C=O) groups is 1. The zero-order chi connectivity index (χ0) is 18.5. The van der Waals surface area contributed by atoms with E-state index in [2.05, 4.69) is 15.9 Å². The standard InChI is InChI=1S/C20H17BrO5/c1-24-16-6-2-13(3-7-16)4-9-19(22)25-12-14-10-20(23)26-18-11-15(21)5-8-17(14)18/h2-3,5-8,10-11H,4,9,12H2,1H3. The number of hydrogen-bond acceptors (Lipinski definition) is 5. The van der Waals surface area contributed by atoms with Gasteiger partial charge in [0.05, 0.1) is 7.11 Å². The van der Waals surface area contributed by atoms with Crippen LogP contribution in [0, 0.1) is 0 Å². The topological polar surface area (TPSA) is 65.7 Å². The van der Waals surface area contributed by atoms with Crippen LogP contribution in [0.3, 0.4) is 0 Å². The van der Waals surface area contributed by atoms with Gasteiger partial charge in [0.25, 0.3) is 0 Å². The summed E-state index contributed by atoms with van der Waals surface area (Å²) in [6.07, 6.45) is 0.838. The van der Waals surface area contributed by atoms with E-state index in [1.165, 1.54) is 6.07 Å². The van der Waals surface area contributed by atoms with Crippen LogP contribution >= 0.6 is 15.9 Å². The van der Waals surface area contributed by atoms with Gasteiger partial charge in [0.2, 0.25) is 0 Å². The number of methoxy groups -OCH3 is 1. The number of aryl methyl sites for hydroxylation is 1. The first kappa shape index (κ1) is 18.2. The first-order valence-corrected chi connectivity index (χ1v) is 8.85. The Morgan fingerprint density at radius 2 is 1.88 bits per heavy atom. The van der Waals surface area contributed by atoms with Crippen LogP contribution in [-0.2, 0) is 22.6 Å². The fourth-order valence-electron chi connectivity index (χ4n) is 2.59. The molecule has 0 saturated heterocycles. The molecule has 0 aliphatic rings. The molecular formula is C20H17BrO5. The van der Waals surface area contributed by atoms with Gasteiger partial charge in [-0.1, -0.05) is 28.1 Å². The summed E-state index contributed by atoms with van der Waals surface area (Å²) in [6, 6.07) is 14.3. The van der Waals surface area contributed by atoms with Crippen LogP contribution in [0.4, 0.5) is 0 Å². The quantitative estimate of drug-likeness (QED) is 0.444. The highest BCUT2D eigenvalue weighted by atomic mass is 79.9. The number of ether oxygens (including phenoxy) is 2. The van der Waals surface area contributed by atoms with Crippen LogP contribution in [0.2, 0.25) is 0 Å². The van der Waals surface area contributed by atoms with Crippen molar-refractivity contribution in [2.45, 2.75) is 19.4 Å². The van der Waals surface area contributed by atoms with Gasteiger partial charge in [0.15, 0.2) is 0 Å². The lowest BCUT2D eigenvalue weighted by molar-refractivity contribution is -0.144. The lowest BCUT2D eigenvalue weighted by atomic mass is 10.1. The highest BCUT2D eigenvalue weighted by Crippen LogP contribution is 2.22. The molecule has 0 N–H and O–H groups in total. The molecule has 0 fully saturated rings. The smallest absolute Gasteiger partial charge is 0.336 e. The second-order valence-corrected chi connectivity index (χ2v) is 6.66. The molecule has 134 valence electrons. The van der Waals surface area contributed by atoms with E-state index >= 15 is 0 Å². The maximum atomic E-state index is 12.0. The molecule has 26 heavy (non-hydrogen) atoms. The van der Waals surface area contributed by atoms with Gasteiger partial charge in [-0.2, -0.15) is 0 Å². The highest BCUT2D eigenvalue weighted by molar-refractivity contribution is 9.10. The van der Waals surface area contributed by atoms with Gasteiger partial charge in [-0.3, -0.25) is 4.79 Å². The molecule has 5 nitrogen and oxygen atoms in total. The van der Waals surface area contributed by atoms with E-state index in [4.69, 9.17) is 13.9 Å². The molecule has 0 unspecified atom stereocenters. The molecule has 1 aromatic heterocycles. The van der Waals surface area contributed by atoms with E-state index in [0.717, 1.165) is 21.2 Å². The molecule has 2 aromatic carbocycles. The Labute approximate surface area is 158 Å². The monoisotopic (exact) mass is 416 g/mol. The summed E-state index contributed by atoms with van der Waals surface area (Å²) in [6.45, 7) is 0.0329. The van der Waals surface area contributed by atoms with Crippen molar-refractivity contribution in [1.82, 2.24) is 0 Å². The second kappa shape index (κ2) is 8.19. The summed E-state index contributed by atoms with van der Waals surface area (Å²) in [5.41, 5.74) is 1.64. The van der Waals surface area contributed by atoms with Crippen LogP contribution in [0.5, 0.6) is 5.75 Å². The lowest BCUT2D eigenvalue weighted by Gasteiger charge is -2.08. The van der Waals surface area contributed by atoms with Crippen LogP contribution in [0.15, 0.2) is 62.2 Å². The first-order valence-electron chi connectivity index (χ1n) is 8.06. The third kappa shape index (κ3) is 4.52. The van der Waals surface area contributed by atoms with Crippen molar-refractivity contribution in [3.63, 3.8) is 0 Å². The average molecular weight is 417 g/mol. The maximum Gasteiger partial charge on any atom is 0.336 e. The molecule has 0 bridgehead atoms. The van der Waals surface area contributed by atoms with Crippen LogP contribution < -0.4 is 10.4 Å². The van der Waals surface area contributed by atoms with E-state index in [0.29, 0.717) is 17.6 Å². The zero-order valence-electron chi connectivity index (χ0n) is 14.2. The van der Waals surface area contributed by atoms with Gasteiger partial charge in [0.1, 0.15) is 17.9 Å². The molecule has 1 heterocycles. The number of fused-ring (bicyclic) bond motifs is 1. The van der Waals surface area contributed by atoms with Crippen LogP contribution in [0.1, 0.15) is 17.5 Å². The summed E-state index contributed by atoms with van der Waals surface area (Å²) in [5.74, 6) is 0.456. The van der Waals surface area contributed by atoms with Crippen LogP contribution in [-0.4, -0.2) is 13.1 Å². The lowest BCUT2D eigenvalue weighted by Crippen LogP contribution is -2.08. The third-order valence-electron chi connectivity index (χ3n) is 3.96. The molecular weight excluding hydrogens is 400 g/mol. The van der Waals surface area contributed by atoms with E-state index in [1.807, 2.05) is 36.4 Å². The third-order valence-corrected chi connectivity index (χ3v) is 4.45. The van der Waals surface area contributed by atoms with Crippen molar-refractivity contribution in [3.8, 4) is 5.75 Å². The SMILES string of the molecule is COc1ccc(CCC(=O)OCc2cc(=O)oc3cc(Br)ccc23)cc1. The predicted octanol–water partition coefficient (Wildman–Crippen LogP) is 4.24. The van der Waals surface area contributed by atoms with Crippen molar-refractivity contribution >= 4 is 32.9 Å². The summed E-state index contributed by atoms with van der Waals surface area (Å²) in [7, 11) is 1.61. The first-order chi connectivity index (χ1) is 12.5. The van der Waals surface area contributed by atoms with Crippen LogP contribution in [0.25, 0.3) is 11.0 Å². The Bertz CT molecular complexity index is 976. The minimum absolute atomic E-state index is 0.0329. The van der Waals surface area contributed by atoms with E-state index < -0.39 is 5.63 Å². The van der Waals surface area contributed by atoms with Crippen molar-refractivity contribution in [2.75, 3.05) is 7.11 Å². The van der Waals surface area contributed by atoms with Crippen molar-refractivity contribution in [1.29, 1.82) is 0 Å². The average Bonchev–Trinajstić information content (AvgIpc) is 2.64. The Kier molecular flexibility index (Phi) is 5.73. The predicted molar refractivity (Wildman–Crippen MR) is 101 cm³/mol. The molecule has 0 spiro atoms. The Morgan fingerprint density at radius 1 is 1.12 bits per heavy atom. The van der Waals surface area contributed by atoms with E-state index in [9.17, 15) is 9.59 Å². The van der Waals surface area contributed by atoms with Crippen molar-refractivity contribution < 1.29 is 18.7 Å². The van der Waals surface area contributed by atoms with Gasteiger partial charge < -0.3 is 13.9 Å². The minimum Gasteiger partial charge on any atom is -0.497 e. The molecule has 6 heteroatoms. The normalized spacial score (nSPS) is 10.7. The summed E-state index contributed by atoms with van der Waals surface area (Å²) in [5, 5.41) is 0.746. The molecule has 0 amide bonds. The second-order valence-electron chi connectivity index (χ2n) is 5.74. The molecule has 0 saturated carbocycles. The van der Waals surface area contributed by atoms with Gasteiger partial charge >= 0.3 is 11.6 Å². The van der Waals surface area contributed by atoms with E-state index in [1.54, 1.807) is 13.2 Å². The Balaban J connectivity index is 1.62. The summed E-state index contributed by atoms with van der Waals surface area (Å²) in [4.78, 5) is 23.7. The number of benzene rings is 2. The van der Waals surface area contributed by atoms with Gasteiger partial charge in [-0.25, -0.2) is 4.79 Å². The molecule has 3 rings (SSSR count). The zero-order valence-corrected chi connectivity index (χ0v) is 15.7. The Hall–Kier alpha value is -2.60. The van der Waals surface area contributed by atoms with Gasteiger partial charge in [0, 0.05) is 27.9 Å². The maximum absolute atomic E-state index is 12.0. The van der Waals surface area contributed by atoms with Gasteiger partial charge in [-0.15, -0.1) is 0 Å². The molecule has 0 aliphatic heterocycles. The van der Waals surface area contributed by atoms with Crippen molar-refractivity contribution in [3.05, 3.63) is 74.6 Å². The number of hydrogen-bond donors (Lipinski definition) is 0. The summed E-state index contributed by atoms with van der Waals surface area (Å²) >= 11 is 3.34.